The molecule has 0 aliphatic rings. The van der Waals surface area contributed by atoms with Crippen molar-refractivity contribution in [3.8, 4) is 0 Å². The molecule has 0 atom stereocenters. The summed E-state index contributed by atoms with van der Waals surface area (Å²) in [4.78, 5) is 30.4. The zero-order chi connectivity index (χ0) is 36.2. The topological polar surface area (TPSA) is 120 Å². The van der Waals surface area contributed by atoms with Crippen molar-refractivity contribution in [2.45, 2.75) is 252 Å². The smallest absolute Gasteiger partial charge is 0.550 e. The van der Waals surface area contributed by atoms with Gasteiger partial charge in [-0.05, 0) is 38.5 Å². The number of aliphatic carboxylic acids is 3. The van der Waals surface area contributed by atoms with Crippen LogP contribution in [-0.4, -0.2) is 17.9 Å². The molecule has 0 aliphatic heterocycles. The summed E-state index contributed by atoms with van der Waals surface area (Å²) in [5.74, 6) is -2.72. The predicted molar refractivity (Wildman–Crippen MR) is 198 cm³/mol. The molecule has 0 bridgehead atoms. The Bertz CT molecular complexity index is 557. The van der Waals surface area contributed by atoms with Crippen LogP contribution in [0.2, 0.25) is 0 Å². The number of carbonyl (C=O) groups is 3. The Balaban J connectivity index is -0.000000307. The minimum Gasteiger partial charge on any atom is -0.550 e. The van der Waals surface area contributed by atoms with Gasteiger partial charge in [-0.25, -0.2) is 0 Å². The molecule has 0 aromatic rings. The molecular formula is C42H81CeO6. The number of unbranched alkanes of at least 4 members (excludes halogenated alkanes) is 30. The maximum absolute atomic E-state index is 10.1. The molecule has 0 aliphatic carbocycles. The van der Waals surface area contributed by atoms with Crippen LogP contribution in [-0.2, 0) is 14.4 Å². The normalized spacial score (nSPS) is 10.3. The summed E-state index contributed by atoms with van der Waals surface area (Å²) in [7, 11) is 0. The predicted octanol–water partition coefficient (Wildman–Crippen LogP) is 10.3. The molecule has 0 rings (SSSR count). The average molecular weight is 822 g/mol. The summed E-state index contributed by atoms with van der Waals surface area (Å²) in [6.07, 6.45) is 42.1. The van der Waals surface area contributed by atoms with Crippen molar-refractivity contribution in [2.24, 2.45) is 0 Å². The van der Waals surface area contributed by atoms with Gasteiger partial charge in [0.05, 0.1) is 0 Å². The van der Waals surface area contributed by atoms with Gasteiger partial charge in [-0.1, -0.05) is 213 Å². The summed E-state index contributed by atoms with van der Waals surface area (Å²) in [6, 6.07) is 0. The Morgan fingerprint density at radius 3 is 0.510 bits per heavy atom. The molecule has 0 fully saturated rings. The number of hydrogen-bond donors (Lipinski definition) is 0. The van der Waals surface area contributed by atoms with Gasteiger partial charge < -0.3 is 29.7 Å². The van der Waals surface area contributed by atoms with Crippen LogP contribution in [0.3, 0.4) is 0 Å². The van der Waals surface area contributed by atoms with Crippen molar-refractivity contribution in [2.75, 3.05) is 0 Å². The quantitative estimate of drug-likeness (QED) is 0.0581. The molecule has 0 aromatic carbocycles. The van der Waals surface area contributed by atoms with E-state index in [-0.39, 0.29) is 61.0 Å². The van der Waals surface area contributed by atoms with Crippen LogP contribution in [0.25, 0.3) is 0 Å². The molecule has 7 heteroatoms. The first kappa shape index (κ1) is 55.5. The summed E-state index contributed by atoms with van der Waals surface area (Å²) in [6.45, 7) is 6.73. The van der Waals surface area contributed by atoms with E-state index in [4.69, 9.17) is 0 Å². The molecule has 0 aromatic heterocycles. The molecule has 0 N–H and O–H groups in total. The minimum atomic E-state index is -0.907. The number of carboxylic acid groups (broad SMARTS) is 3. The third-order valence-electron chi connectivity index (χ3n) is 8.95. The summed E-state index contributed by atoms with van der Waals surface area (Å²) in [5.41, 5.74) is 0. The largest absolute Gasteiger partial charge is 3.00 e. The van der Waals surface area contributed by atoms with Gasteiger partial charge in [0.2, 0.25) is 0 Å². The van der Waals surface area contributed by atoms with Crippen LogP contribution in [0, 0.1) is 41.7 Å². The minimum absolute atomic E-state index is 0. The maximum atomic E-state index is 10.1. The number of rotatable bonds is 36. The second-order valence-corrected chi connectivity index (χ2v) is 14.0. The van der Waals surface area contributed by atoms with E-state index in [1.54, 1.807) is 0 Å². The van der Waals surface area contributed by atoms with E-state index in [1.807, 2.05) is 0 Å². The molecule has 0 spiro atoms. The molecule has 0 unspecified atom stereocenters. The fraction of sp³-hybridized carbons (Fsp3) is 0.929. The Morgan fingerprint density at radius 2 is 0.388 bits per heavy atom. The Morgan fingerprint density at radius 1 is 0.265 bits per heavy atom. The van der Waals surface area contributed by atoms with E-state index in [9.17, 15) is 29.7 Å². The molecule has 1 radical (unpaired) electrons. The van der Waals surface area contributed by atoms with Crippen LogP contribution in [0.5, 0.6) is 0 Å². The fourth-order valence-corrected chi connectivity index (χ4v) is 5.80. The molecule has 0 saturated carbocycles. The Kier molecular flexibility index (Phi) is 59.1. The molecule has 0 saturated heterocycles. The Hall–Kier alpha value is -0.213. The van der Waals surface area contributed by atoms with Gasteiger partial charge in [-0.2, -0.15) is 0 Å². The monoisotopic (exact) mass is 822 g/mol. The maximum Gasteiger partial charge on any atom is 3.00 e. The van der Waals surface area contributed by atoms with Gasteiger partial charge in [-0.3, -0.25) is 0 Å². The van der Waals surface area contributed by atoms with Crippen LogP contribution in [0.1, 0.15) is 252 Å². The third kappa shape index (κ3) is 66.6. The van der Waals surface area contributed by atoms with E-state index in [1.165, 1.54) is 173 Å². The van der Waals surface area contributed by atoms with Crippen LogP contribution >= 0.6 is 0 Å². The van der Waals surface area contributed by atoms with E-state index in [2.05, 4.69) is 20.8 Å². The SMILES string of the molecule is CCCCCCCCCCCCCC(=O)[O-].CCCCCCCCCCCCCC(=O)[O-].CCCCCCCCCCCCCC(=O)[O-].[Ce+3]. The zero-order valence-corrected chi connectivity index (χ0v) is 36.0. The summed E-state index contributed by atoms with van der Waals surface area (Å²) in [5, 5.41) is 30.4. The number of carboxylic acids is 3. The Labute approximate surface area is 338 Å². The second-order valence-electron chi connectivity index (χ2n) is 14.0. The second kappa shape index (κ2) is 52.1. The van der Waals surface area contributed by atoms with Crippen molar-refractivity contribution in [1.29, 1.82) is 0 Å². The molecule has 0 heterocycles. The van der Waals surface area contributed by atoms with Crippen molar-refractivity contribution in [3.63, 3.8) is 0 Å². The van der Waals surface area contributed by atoms with E-state index < -0.39 is 17.9 Å². The van der Waals surface area contributed by atoms with Crippen LogP contribution < -0.4 is 15.3 Å². The molecular weight excluding hydrogens is 741 g/mol. The first-order valence-electron chi connectivity index (χ1n) is 20.9. The van der Waals surface area contributed by atoms with Gasteiger partial charge in [0.25, 0.3) is 0 Å². The zero-order valence-electron chi connectivity index (χ0n) is 32.9. The molecule has 289 valence electrons. The van der Waals surface area contributed by atoms with Crippen molar-refractivity contribution < 1.29 is 71.5 Å². The molecule has 0 amide bonds. The van der Waals surface area contributed by atoms with Crippen molar-refractivity contribution >= 4 is 17.9 Å². The molecule has 49 heavy (non-hydrogen) atoms. The standard InChI is InChI=1S/3C14H28O2.Ce/c3*1-2-3-4-5-6-7-8-9-10-11-12-13-14(15)16;/h3*2-13H2,1H3,(H,15,16);/q;;;+3/p-3. The first-order chi connectivity index (χ1) is 23.3. The first-order valence-corrected chi connectivity index (χ1v) is 20.9. The third-order valence-corrected chi connectivity index (χ3v) is 8.95. The number of carbonyl (C=O) groups excluding carboxylic acids is 3. The van der Waals surface area contributed by atoms with Crippen LogP contribution in [0.4, 0.5) is 0 Å². The van der Waals surface area contributed by atoms with E-state index in [0.29, 0.717) is 0 Å². The van der Waals surface area contributed by atoms with Crippen molar-refractivity contribution in [3.05, 3.63) is 0 Å². The van der Waals surface area contributed by atoms with E-state index >= 15 is 0 Å². The van der Waals surface area contributed by atoms with Crippen molar-refractivity contribution in [1.82, 2.24) is 0 Å². The van der Waals surface area contributed by atoms with E-state index in [0.717, 1.165) is 38.5 Å². The van der Waals surface area contributed by atoms with Crippen LogP contribution in [0.15, 0.2) is 0 Å². The van der Waals surface area contributed by atoms with Gasteiger partial charge in [0.1, 0.15) is 0 Å². The van der Waals surface area contributed by atoms with Gasteiger partial charge in [0.15, 0.2) is 0 Å². The summed E-state index contributed by atoms with van der Waals surface area (Å²) < 4.78 is 0. The number of hydrogen-bond acceptors (Lipinski definition) is 6. The summed E-state index contributed by atoms with van der Waals surface area (Å²) >= 11 is 0. The van der Waals surface area contributed by atoms with Gasteiger partial charge in [0, 0.05) is 17.9 Å². The average Bonchev–Trinajstić information content (AvgIpc) is 3.05. The van der Waals surface area contributed by atoms with Gasteiger partial charge >= 0.3 is 41.7 Å². The fourth-order valence-electron chi connectivity index (χ4n) is 5.80. The van der Waals surface area contributed by atoms with Gasteiger partial charge in [-0.15, -0.1) is 0 Å². The molecule has 6 nitrogen and oxygen atoms in total.